The minimum Gasteiger partial charge on any atom is -0.399 e. The zero-order chi connectivity index (χ0) is 26.9. The predicted octanol–water partition coefficient (Wildman–Crippen LogP) is 8.29. The summed E-state index contributed by atoms with van der Waals surface area (Å²) in [5.74, 6) is 0. The van der Waals surface area contributed by atoms with Crippen molar-refractivity contribution in [2.45, 2.75) is 105 Å². The molecule has 0 bridgehead atoms. The summed E-state index contributed by atoms with van der Waals surface area (Å²) in [6.45, 7) is 27.2. The van der Waals surface area contributed by atoms with Gasteiger partial charge in [-0.3, -0.25) is 0 Å². The number of anilines is 2. The largest absolute Gasteiger partial charge is 2.00 e. The fraction of sp³-hybridized carbons (Fsp3) is 0.625. The maximum absolute atomic E-state index is 3.45. The topological polar surface area (TPSA) is 6.48 Å². The molecule has 0 unspecified atom stereocenters. The Kier molecular flexibility index (Phi) is 11.4. The molecule has 0 N–H and O–H groups in total. The van der Waals surface area contributed by atoms with Gasteiger partial charge in [-0.25, -0.2) is 0 Å². The van der Waals surface area contributed by atoms with Gasteiger partial charge in [-0.15, -0.1) is 23.3 Å². The third-order valence-corrected chi connectivity index (χ3v) is 5.91. The van der Waals surface area contributed by atoms with Crippen LogP contribution >= 0.6 is 0 Å². The van der Waals surface area contributed by atoms with E-state index in [0.717, 1.165) is 0 Å². The van der Waals surface area contributed by atoms with E-state index in [1.165, 1.54) is 33.6 Å². The van der Waals surface area contributed by atoms with E-state index in [0.29, 0.717) is 0 Å². The maximum Gasteiger partial charge on any atom is 2.00 e. The van der Waals surface area contributed by atoms with Crippen LogP contribution in [0.3, 0.4) is 0 Å². The molecule has 0 aliphatic rings. The normalized spacial score (nSPS) is 12.3. The molecule has 2 rings (SSSR count). The van der Waals surface area contributed by atoms with Crippen LogP contribution in [0.4, 0.5) is 11.4 Å². The Morgan fingerprint density at radius 1 is 0.486 bits per heavy atom. The molecule has 0 aliphatic carbocycles. The van der Waals surface area contributed by atoms with E-state index < -0.39 is 0 Å². The Hall–Kier alpha value is -1.30. The first-order valence-corrected chi connectivity index (χ1v) is 12.6. The Morgan fingerprint density at radius 3 is 0.914 bits per heavy atom. The van der Waals surface area contributed by atoms with E-state index in [9.17, 15) is 0 Å². The van der Waals surface area contributed by atoms with Crippen LogP contribution in [0.25, 0.3) is 0 Å². The smallest absolute Gasteiger partial charge is 0.399 e. The summed E-state index contributed by atoms with van der Waals surface area (Å²) in [7, 11) is 8.43. The van der Waals surface area contributed by atoms with E-state index in [1.807, 2.05) is 12.1 Å². The molecule has 0 aliphatic heterocycles. The Morgan fingerprint density at radius 2 is 0.743 bits per heavy atom. The van der Waals surface area contributed by atoms with Crippen LogP contribution in [0.15, 0.2) is 24.3 Å². The van der Waals surface area contributed by atoms with E-state index in [2.05, 4.69) is 145 Å². The molecule has 35 heavy (non-hydrogen) atoms. The van der Waals surface area contributed by atoms with Crippen molar-refractivity contribution in [2.75, 3.05) is 38.0 Å². The molecule has 0 saturated carbocycles. The van der Waals surface area contributed by atoms with E-state index in [4.69, 9.17) is 0 Å². The standard InChI is InChI=1S/2C16H26N.Pd/c2*1-15(2,3)12-10-9-11-13(17(7)8)14(12)16(4,5)6;/h2*9,11H,1-8H3;/q2*-1;+2. The molecule has 3 heteroatoms. The zero-order valence-corrected chi connectivity index (χ0v) is 27.1. The van der Waals surface area contributed by atoms with Gasteiger partial charge in [0.15, 0.2) is 0 Å². The molecule has 0 atom stereocenters. The summed E-state index contributed by atoms with van der Waals surface area (Å²) in [5.41, 5.74) is 8.65. The van der Waals surface area contributed by atoms with Crippen molar-refractivity contribution in [2.24, 2.45) is 0 Å². The van der Waals surface area contributed by atoms with Crippen molar-refractivity contribution in [3.63, 3.8) is 0 Å². The monoisotopic (exact) mass is 570 g/mol. The van der Waals surface area contributed by atoms with Crippen LogP contribution in [-0.4, -0.2) is 28.2 Å². The van der Waals surface area contributed by atoms with Gasteiger partial charge in [0.25, 0.3) is 0 Å². The molecule has 2 aromatic rings. The maximum atomic E-state index is 3.45. The number of benzene rings is 2. The molecule has 200 valence electrons. The van der Waals surface area contributed by atoms with Crippen molar-refractivity contribution in [3.05, 3.63) is 58.7 Å². The molecule has 2 nitrogen and oxygen atoms in total. The molecule has 0 radical (unpaired) electrons. The Bertz CT molecular complexity index is 864. The van der Waals surface area contributed by atoms with Crippen LogP contribution in [0, 0.1) is 12.1 Å². The fourth-order valence-corrected chi connectivity index (χ4v) is 4.42. The first-order chi connectivity index (χ1) is 15.1. The van der Waals surface area contributed by atoms with Crippen molar-refractivity contribution in [3.8, 4) is 0 Å². The summed E-state index contributed by atoms with van der Waals surface area (Å²) in [5, 5.41) is 0. The van der Waals surface area contributed by atoms with Crippen LogP contribution in [-0.2, 0) is 42.1 Å². The Balaban J connectivity index is 0.000000642. The second-order valence-electron chi connectivity index (χ2n) is 14.0. The first-order valence-electron chi connectivity index (χ1n) is 12.6. The predicted molar refractivity (Wildman–Crippen MR) is 154 cm³/mol. The van der Waals surface area contributed by atoms with Gasteiger partial charge in [0.2, 0.25) is 0 Å². The molecule has 0 heterocycles. The van der Waals surface area contributed by atoms with Gasteiger partial charge in [0, 0.05) is 28.2 Å². The number of rotatable bonds is 2. The number of nitrogens with zero attached hydrogens (tertiary/aromatic N) is 2. The average Bonchev–Trinajstić information content (AvgIpc) is 2.64. The minimum absolute atomic E-state index is 0. The van der Waals surface area contributed by atoms with Crippen LogP contribution < -0.4 is 9.80 Å². The van der Waals surface area contributed by atoms with Gasteiger partial charge in [0.1, 0.15) is 0 Å². The molecule has 2 aromatic carbocycles. The minimum atomic E-state index is 0. The van der Waals surface area contributed by atoms with Crippen LogP contribution in [0.2, 0.25) is 0 Å². The van der Waals surface area contributed by atoms with Gasteiger partial charge in [-0.2, -0.15) is 35.4 Å². The van der Waals surface area contributed by atoms with Gasteiger partial charge >= 0.3 is 20.4 Å². The second kappa shape index (κ2) is 11.8. The summed E-state index contributed by atoms with van der Waals surface area (Å²) in [4.78, 5) is 4.40. The molecule has 0 saturated heterocycles. The second-order valence-corrected chi connectivity index (χ2v) is 14.0. The van der Waals surface area contributed by atoms with Crippen molar-refractivity contribution in [1.82, 2.24) is 0 Å². The van der Waals surface area contributed by atoms with Gasteiger partial charge in [0.05, 0.1) is 0 Å². The molecule has 0 fully saturated rings. The van der Waals surface area contributed by atoms with E-state index >= 15 is 0 Å². The van der Waals surface area contributed by atoms with Gasteiger partial charge in [-0.1, -0.05) is 105 Å². The van der Waals surface area contributed by atoms with Crippen molar-refractivity contribution in [1.29, 1.82) is 0 Å². The van der Waals surface area contributed by atoms with E-state index in [1.54, 1.807) is 0 Å². The van der Waals surface area contributed by atoms with Gasteiger partial charge < -0.3 is 9.80 Å². The van der Waals surface area contributed by atoms with Crippen LogP contribution in [0.1, 0.15) is 105 Å². The van der Waals surface area contributed by atoms with E-state index in [-0.39, 0.29) is 42.1 Å². The molecule has 0 aromatic heterocycles. The number of hydrogen-bond acceptors (Lipinski definition) is 2. The van der Waals surface area contributed by atoms with Crippen molar-refractivity contribution >= 4 is 11.4 Å². The third kappa shape index (κ3) is 8.95. The summed E-state index contributed by atoms with van der Waals surface area (Å²) in [6.07, 6.45) is 0. The van der Waals surface area contributed by atoms with Crippen molar-refractivity contribution < 1.29 is 20.4 Å². The molecule has 0 amide bonds. The van der Waals surface area contributed by atoms with Gasteiger partial charge in [-0.05, 0) is 10.8 Å². The first kappa shape index (κ1) is 33.7. The molecular formula is C32H52N2Pd. The summed E-state index contributed by atoms with van der Waals surface area (Å²) < 4.78 is 0. The molecular weight excluding hydrogens is 519 g/mol. The quantitative estimate of drug-likeness (QED) is 0.265. The zero-order valence-electron chi connectivity index (χ0n) is 25.5. The van der Waals surface area contributed by atoms with Crippen LogP contribution in [0.5, 0.6) is 0 Å². The number of hydrogen-bond donors (Lipinski definition) is 0. The summed E-state index contributed by atoms with van der Waals surface area (Å²) >= 11 is 0. The summed E-state index contributed by atoms with van der Waals surface area (Å²) in [6, 6.07) is 15.3. The third-order valence-electron chi connectivity index (χ3n) is 5.91. The SMILES string of the molecule is CN(C)c1cc[c-]c(C(C)(C)C)c1C(C)(C)C.CN(C)c1cc[c-]c(C(C)(C)C)c1C(C)(C)C.[Pd+2]. The fourth-order valence-electron chi connectivity index (χ4n) is 4.42. The molecule has 0 spiro atoms. The Labute approximate surface area is 232 Å². The average molecular weight is 571 g/mol.